The van der Waals surface area contributed by atoms with Crippen LogP contribution >= 0.6 is 11.8 Å². The summed E-state index contributed by atoms with van der Waals surface area (Å²) in [5.74, 6) is -1.03. The fourth-order valence-corrected chi connectivity index (χ4v) is 1.39. The Morgan fingerprint density at radius 3 is 2.33 bits per heavy atom. The molecule has 4 heteroatoms. The Balaban J connectivity index is 2.78. The first-order valence-corrected chi connectivity index (χ1v) is 4.23. The second-order valence-electron chi connectivity index (χ2n) is 2.08. The third-order valence-corrected chi connectivity index (χ3v) is 2.03. The van der Waals surface area contributed by atoms with Crippen LogP contribution in [0.25, 0.3) is 0 Å². The molecule has 0 aliphatic carbocycles. The minimum absolute atomic E-state index is 0.211. The van der Waals surface area contributed by atoms with Gasteiger partial charge in [-0.25, -0.2) is 8.78 Å². The molecule has 0 fully saturated rings. The summed E-state index contributed by atoms with van der Waals surface area (Å²) in [6.45, 7) is 0. The van der Waals surface area contributed by atoms with Gasteiger partial charge in [-0.05, 0) is 12.1 Å². The van der Waals surface area contributed by atoms with Gasteiger partial charge in [0, 0.05) is 11.0 Å². The van der Waals surface area contributed by atoms with E-state index in [-0.39, 0.29) is 5.75 Å². The SMILES string of the molecule is O=CCSc1cc(F)cc(F)c1. The summed E-state index contributed by atoms with van der Waals surface area (Å²) < 4.78 is 25.0. The van der Waals surface area contributed by atoms with Crippen molar-refractivity contribution in [2.45, 2.75) is 4.90 Å². The molecule has 0 saturated carbocycles. The van der Waals surface area contributed by atoms with E-state index in [1.54, 1.807) is 0 Å². The van der Waals surface area contributed by atoms with Gasteiger partial charge in [0.05, 0.1) is 5.75 Å². The minimum atomic E-state index is -0.622. The standard InChI is InChI=1S/C8H6F2OS/c9-6-3-7(10)5-8(4-6)12-2-1-11/h1,3-5H,2H2. The molecule has 0 atom stereocenters. The molecular formula is C8H6F2OS. The molecule has 1 aromatic carbocycles. The third kappa shape index (κ3) is 2.62. The van der Waals surface area contributed by atoms with E-state index in [0.29, 0.717) is 11.2 Å². The molecular weight excluding hydrogens is 182 g/mol. The van der Waals surface area contributed by atoms with E-state index < -0.39 is 11.6 Å². The first-order chi connectivity index (χ1) is 5.72. The molecule has 0 aromatic heterocycles. The van der Waals surface area contributed by atoms with Gasteiger partial charge in [0.25, 0.3) is 0 Å². The van der Waals surface area contributed by atoms with Gasteiger partial charge in [0.2, 0.25) is 0 Å². The van der Waals surface area contributed by atoms with E-state index in [4.69, 9.17) is 0 Å². The Morgan fingerprint density at radius 1 is 1.25 bits per heavy atom. The lowest BCUT2D eigenvalue weighted by atomic mass is 10.3. The number of halogens is 2. The lowest BCUT2D eigenvalue weighted by molar-refractivity contribution is -0.105. The van der Waals surface area contributed by atoms with Crippen LogP contribution in [-0.4, -0.2) is 12.0 Å². The van der Waals surface area contributed by atoms with Crippen LogP contribution in [0.5, 0.6) is 0 Å². The van der Waals surface area contributed by atoms with Gasteiger partial charge in [0.15, 0.2) is 0 Å². The van der Waals surface area contributed by atoms with E-state index in [9.17, 15) is 13.6 Å². The molecule has 0 saturated heterocycles. The maximum absolute atomic E-state index is 12.5. The van der Waals surface area contributed by atoms with Gasteiger partial charge < -0.3 is 4.79 Å². The monoisotopic (exact) mass is 188 g/mol. The van der Waals surface area contributed by atoms with E-state index >= 15 is 0 Å². The summed E-state index contributed by atoms with van der Waals surface area (Å²) in [5.41, 5.74) is 0. The van der Waals surface area contributed by atoms with Crippen molar-refractivity contribution in [3.05, 3.63) is 29.8 Å². The van der Waals surface area contributed by atoms with Crippen molar-refractivity contribution in [1.82, 2.24) is 0 Å². The van der Waals surface area contributed by atoms with Crippen molar-refractivity contribution in [3.8, 4) is 0 Å². The smallest absolute Gasteiger partial charge is 0.130 e. The topological polar surface area (TPSA) is 17.1 Å². The van der Waals surface area contributed by atoms with Crippen LogP contribution < -0.4 is 0 Å². The number of hydrogen-bond donors (Lipinski definition) is 0. The Morgan fingerprint density at radius 2 is 1.83 bits per heavy atom. The predicted molar refractivity (Wildman–Crippen MR) is 43.1 cm³/mol. The quantitative estimate of drug-likeness (QED) is 0.534. The summed E-state index contributed by atoms with van der Waals surface area (Å²) in [4.78, 5) is 10.4. The maximum Gasteiger partial charge on any atom is 0.130 e. The highest BCUT2D eigenvalue weighted by Crippen LogP contribution is 2.19. The number of thioether (sulfide) groups is 1. The van der Waals surface area contributed by atoms with Crippen LogP contribution in [0.15, 0.2) is 23.1 Å². The highest BCUT2D eigenvalue weighted by Gasteiger charge is 1.99. The second kappa shape index (κ2) is 4.21. The fourth-order valence-electron chi connectivity index (χ4n) is 0.742. The van der Waals surface area contributed by atoms with Crippen LogP contribution in [0.2, 0.25) is 0 Å². The first-order valence-electron chi connectivity index (χ1n) is 3.25. The number of rotatable bonds is 3. The number of benzene rings is 1. The van der Waals surface area contributed by atoms with Crippen LogP contribution in [0, 0.1) is 11.6 Å². The zero-order chi connectivity index (χ0) is 8.97. The molecule has 0 N–H and O–H groups in total. The molecule has 1 rings (SSSR count). The van der Waals surface area contributed by atoms with Crippen LogP contribution in [0.4, 0.5) is 8.78 Å². The Labute approximate surface area is 72.8 Å². The molecule has 0 spiro atoms. The Bertz CT molecular complexity index is 268. The summed E-state index contributed by atoms with van der Waals surface area (Å²) in [6, 6.07) is 3.18. The molecule has 0 bridgehead atoms. The van der Waals surface area contributed by atoms with Gasteiger partial charge in [-0.2, -0.15) is 0 Å². The van der Waals surface area contributed by atoms with E-state index in [1.165, 1.54) is 12.1 Å². The molecule has 0 heterocycles. The van der Waals surface area contributed by atoms with Gasteiger partial charge in [-0.3, -0.25) is 0 Å². The lowest BCUT2D eigenvalue weighted by Gasteiger charge is -1.97. The summed E-state index contributed by atoms with van der Waals surface area (Å²) >= 11 is 1.10. The van der Waals surface area contributed by atoms with E-state index in [2.05, 4.69) is 0 Å². The highest BCUT2D eigenvalue weighted by molar-refractivity contribution is 7.99. The molecule has 0 radical (unpaired) electrons. The predicted octanol–water partition coefficient (Wildman–Crippen LogP) is 2.26. The fraction of sp³-hybridized carbons (Fsp3) is 0.125. The molecule has 0 aliphatic rings. The molecule has 1 nitrogen and oxygen atoms in total. The van der Waals surface area contributed by atoms with Crippen molar-refractivity contribution in [2.75, 3.05) is 5.75 Å². The normalized spacial score (nSPS) is 9.83. The lowest BCUT2D eigenvalue weighted by Crippen LogP contribution is -1.83. The average molecular weight is 188 g/mol. The maximum atomic E-state index is 12.5. The third-order valence-electron chi connectivity index (χ3n) is 1.15. The van der Waals surface area contributed by atoms with Crippen molar-refractivity contribution >= 4 is 18.0 Å². The number of hydrogen-bond acceptors (Lipinski definition) is 2. The van der Waals surface area contributed by atoms with E-state index in [1.807, 2.05) is 0 Å². The van der Waals surface area contributed by atoms with Crippen LogP contribution in [0.1, 0.15) is 0 Å². The average Bonchev–Trinajstić information content (AvgIpc) is 1.99. The van der Waals surface area contributed by atoms with Crippen LogP contribution in [-0.2, 0) is 4.79 Å². The van der Waals surface area contributed by atoms with Crippen molar-refractivity contribution in [1.29, 1.82) is 0 Å². The highest BCUT2D eigenvalue weighted by atomic mass is 32.2. The van der Waals surface area contributed by atoms with Gasteiger partial charge >= 0.3 is 0 Å². The van der Waals surface area contributed by atoms with Crippen molar-refractivity contribution in [3.63, 3.8) is 0 Å². The second-order valence-corrected chi connectivity index (χ2v) is 3.18. The van der Waals surface area contributed by atoms with Crippen molar-refractivity contribution < 1.29 is 13.6 Å². The Kier molecular flexibility index (Phi) is 3.22. The molecule has 64 valence electrons. The van der Waals surface area contributed by atoms with Crippen molar-refractivity contribution in [2.24, 2.45) is 0 Å². The molecule has 0 aliphatic heterocycles. The zero-order valence-corrected chi connectivity index (χ0v) is 6.91. The number of carbonyl (C=O) groups is 1. The largest absolute Gasteiger partial charge is 0.302 e. The molecule has 0 unspecified atom stereocenters. The zero-order valence-electron chi connectivity index (χ0n) is 6.09. The first kappa shape index (κ1) is 9.19. The molecule has 1 aromatic rings. The summed E-state index contributed by atoms with van der Waals surface area (Å²) in [5, 5.41) is 0. The summed E-state index contributed by atoms with van der Waals surface area (Å²) in [6.07, 6.45) is 0.688. The number of carbonyl (C=O) groups excluding carboxylic acids is 1. The number of aldehydes is 1. The van der Waals surface area contributed by atoms with Gasteiger partial charge in [-0.15, -0.1) is 11.8 Å². The van der Waals surface area contributed by atoms with Crippen LogP contribution in [0.3, 0.4) is 0 Å². The Hall–Kier alpha value is -0.900. The van der Waals surface area contributed by atoms with Gasteiger partial charge in [0.1, 0.15) is 17.9 Å². The molecule has 12 heavy (non-hydrogen) atoms. The molecule has 0 amide bonds. The van der Waals surface area contributed by atoms with E-state index in [0.717, 1.165) is 17.8 Å². The minimum Gasteiger partial charge on any atom is -0.302 e. The van der Waals surface area contributed by atoms with Gasteiger partial charge in [-0.1, -0.05) is 0 Å². The summed E-state index contributed by atoms with van der Waals surface area (Å²) in [7, 11) is 0.